The zero-order valence-electron chi connectivity index (χ0n) is 8.80. The summed E-state index contributed by atoms with van der Waals surface area (Å²) in [5.41, 5.74) is 0.473. The topological polar surface area (TPSA) is 68.3 Å². The van der Waals surface area contributed by atoms with Crippen LogP contribution in [0.5, 0.6) is 0 Å². The first kappa shape index (κ1) is 11.1. The summed E-state index contributed by atoms with van der Waals surface area (Å²) in [6.45, 7) is 0. The van der Waals surface area contributed by atoms with Gasteiger partial charge in [-0.05, 0) is 36.5 Å². The van der Waals surface area contributed by atoms with Gasteiger partial charge in [-0.15, -0.1) is 0 Å². The Balaban J connectivity index is 2.22. The smallest absolute Gasteiger partial charge is 0.182 e. The lowest BCUT2D eigenvalue weighted by Gasteiger charge is -2.09. The molecule has 0 N–H and O–H groups in total. The minimum atomic E-state index is -0.305. The summed E-state index contributed by atoms with van der Waals surface area (Å²) in [7, 11) is 0. The molecule has 0 aromatic carbocycles. The molecule has 0 radical (unpaired) electrons. The van der Waals surface area contributed by atoms with Gasteiger partial charge in [0.1, 0.15) is 0 Å². The molecule has 0 atom stereocenters. The predicted molar refractivity (Wildman–Crippen MR) is 59.1 cm³/mol. The third-order valence-electron chi connectivity index (χ3n) is 2.44. The van der Waals surface area contributed by atoms with E-state index in [0.717, 1.165) is 0 Å². The van der Waals surface area contributed by atoms with E-state index in [-0.39, 0.29) is 40.7 Å². The van der Waals surface area contributed by atoms with Gasteiger partial charge in [0.2, 0.25) is 0 Å². The Bertz CT molecular complexity index is 506. The molecule has 4 heteroatoms. The lowest BCUT2D eigenvalue weighted by molar-refractivity contribution is -0.115. The average Bonchev–Trinajstić information content (AvgIpc) is 2.28. The van der Waals surface area contributed by atoms with Crippen LogP contribution in [-0.4, -0.2) is 23.1 Å². The molecule has 2 aliphatic rings. The van der Waals surface area contributed by atoms with Crippen LogP contribution in [0.2, 0.25) is 0 Å². The molecule has 0 aliphatic heterocycles. The van der Waals surface area contributed by atoms with Crippen LogP contribution in [0.15, 0.2) is 47.6 Å². The van der Waals surface area contributed by atoms with Gasteiger partial charge in [0.25, 0.3) is 0 Å². The van der Waals surface area contributed by atoms with E-state index in [4.69, 9.17) is 0 Å². The molecule has 0 amide bonds. The van der Waals surface area contributed by atoms with Crippen LogP contribution < -0.4 is 0 Å². The molecule has 0 saturated carbocycles. The third-order valence-corrected chi connectivity index (χ3v) is 2.44. The molecule has 17 heavy (non-hydrogen) atoms. The van der Waals surface area contributed by atoms with Crippen LogP contribution in [0.1, 0.15) is 6.42 Å². The van der Waals surface area contributed by atoms with Crippen LogP contribution >= 0.6 is 0 Å². The minimum absolute atomic E-state index is 0.0177. The van der Waals surface area contributed by atoms with Gasteiger partial charge in [-0.2, -0.15) is 0 Å². The van der Waals surface area contributed by atoms with Crippen molar-refractivity contribution in [2.75, 3.05) is 0 Å². The molecule has 0 bridgehead atoms. The van der Waals surface area contributed by atoms with Gasteiger partial charge >= 0.3 is 0 Å². The van der Waals surface area contributed by atoms with E-state index in [9.17, 15) is 19.2 Å². The first-order valence-corrected chi connectivity index (χ1v) is 5.00. The second kappa shape index (κ2) is 4.25. The molecule has 0 fully saturated rings. The highest BCUT2D eigenvalue weighted by Crippen LogP contribution is 2.18. The Hall–Kier alpha value is -2.36. The van der Waals surface area contributed by atoms with E-state index in [1.807, 2.05) is 0 Å². The minimum Gasteiger partial charge on any atom is -0.290 e. The van der Waals surface area contributed by atoms with Gasteiger partial charge < -0.3 is 0 Å². The summed E-state index contributed by atoms with van der Waals surface area (Å²) in [5.74, 6) is -1.18. The SMILES string of the molecule is O=C1C=CC(=O)C(CC2=CC(=O)C=CC2=O)=C1. The van der Waals surface area contributed by atoms with E-state index >= 15 is 0 Å². The number of carbonyl (C=O) groups is 4. The summed E-state index contributed by atoms with van der Waals surface area (Å²) in [6, 6.07) is 0. The maximum absolute atomic E-state index is 11.5. The Morgan fingerprint density at radius 3 is 1.47 bits per heavy atom. The molecule has 0 spiro atoms. The fourth-order valence-electron chi connectivity index (χ4n) is 1.59. The Morgan fingerprint density at radius 2 is 1.06 bits per heavy atom. The van der Waals surface area contributed by atoms with Crippen molar-refractivity contribution in [2.45, 2.75) is 6.42 Å². The molecule has 4 nitrogen and oxygen atoms in total. The highest BCUT2D eigenvalue weighted by Gasteiger charge is 2.19. The fourth-order valence-corrected chi connectivity index (χ4v) is 1.59. The molecule has 2 rings (SSSR count). The number of ketones is 4. The zero-order chi connectivity index (χ0) is 12.4. The Morgan fingerprint density at radius 1 is 0.647 bits per heavy atom. The van der Waals surface area contributed by atoms with Crippen LogP contribution in [0.3, 0.4) is 0 Å². The zero-order valence-corrected chi connectivity index (χ0v) is 8.80. The number of allylic oxidation sites excluding steroid dienone is 8. The summed E-state index contributed by atoms with van der Waals surface area (Å²) < 4.78 is 0. The van der Waals surface area contributed by atoms with Crippen molar-refractivity contribution in [3.63, 3.8) is 0 Å². The van der Waals surface area contributed by atoms with Crippen molar-refractivity contribution in [1.29, 1.82) is 0 Å². The lowest BCUT2D eigenvalue weighted by Crippen LogP contribution is -2.13. The van der Waals surface area contributed by atoms with Gasteiger partial charge in [-0.25, -0.2) is 0 Å². The van der Waals surface area contributed by atoms with Gasteiger partial charge in [0, 0.05) is 17.6 Å². The fraction of sp³-hybridized carbons (Fsp3) is 0.0769. The van der Waals surface area contributed by atoms with Gasteiger partial charge in [0.15, 0.2) is 23.1 Å². The molecule has 84 valence electrons. The van der Waals surface area contributed by atoms with Gasteiger partial charge in [-0.3, -0.25) is 19.2 Å². The number of hydrogen-bond donors (Lipinski definition) is 0. The number of hydrogen-bond acceptors (Lipinski definition) is 4. The lowest BCUT2D eigenvalue weighted by atomic mass is 9.92. The normalized spacial score (nSPS) is 19.5. The molecule has 0 aromatic heterocycles. The molecule has 0 aromatic rings. The summed E-state index contributed by atoms with van der Waals surface area (Å²) in [5, 5.41) is 0. The second-order valence-electron chi connectivity index (χ2n) is 3.72. The molecule has 0 heterocycles. The number of rotatable bonds is 2. The van der Waals surface area contributed by atoms with Crippen molar-refractivity contribution < 1.29 is 19.2 Å². The summed E-state index contributed by atoms with van der Waals surface area (Å²) in [6.07, 6.45) is 7.09. The maximum Gasteiger partial charge on any atom is 0.182 e. The van der Waals surface area contributed by atoms with Gasteiger partial charge in [0.05, 0.1) is 0 Å². The summed E-state index contributed by atoms with van der Waals surface area (Å²) in [4.78, 5) is 45.1. The molecule has 0 unspecified atom stereocenters. The van der Waals surface area contributed by atoms with Crippen molar-refractivity contribution >= 4 is 23.1 Å². The molecular formula is C13H8O4. The molecule has 2 aliphatic carbocycles. The first-order valence-electron chi connectivity index (χ1n) is 5.00. The van der Waals surface area contributed by atoms with Crippen LogP contribution in [-0.2, 0) is 19.2 Å². The van der Waals surface area contributed by atoms with Gasteiger partial charge in [-0.1, -0.05) is 0 Å². The highest BCUT2D eigenvalue weighted by atomic mass is 16.1. The third kappa shape index (κ3) is 2.42. The highest BCUT2D eigenvalue weighted by molar-refractivity contribution is 6.20. The van der Waals surface area contributed by atoms with E-state index < -0.39 is 0 Å². The van der Waals surface area contributed by atoms with Crippen molar-refractivity contribution in [1.82, 2.24) is 0 Å². The standard InChI is InChI=1S/C13H8O4/c14-10-1-3-12(16)8(6-10)5-9-7-11(15)2-4-13(9)17/h1-4,6-7H,5H2. The second-order valence-corrected chi connectivity index (χ2v) is 3.72. The summed E-state index contributed by atoms with van der Waals surface area (Å²) >= 11 is 0. The monoisotopic (exact) mass is 228 g/mol. The van der Waals surface area contributed by atoms with E-state index in [1.54, 1.807) is 0 Å². The molecule has 0 saturated heterocycles. The van der Waals surface area contributed by atoms with Crippen molar-refractivity contribution in [2.24, 2.45) is 0 Å². The van der Waals surface area contributed by atoms with Crippen molar-refractivity contribution in [3.8, 4) is 0 Å². The van der Waals surface area contributed by atoms with E-state index in [0.29, 0.717) is 0 Å². The van der Waals surface area contributed by atoms with Crippen molar-refractivity contribution in [3.05, 3.63) is 47.6 Å². The van der Waals surface area contributed by atoms with E-state index in [2.05, 4.69) is 0 Å². The molecular weight excluding hydrogens is 220 g/mol. The first-order chi connectivity index (χ1) is 8.06. The maximum atomic E-state index is 11.5. The average molecular weight is 228 g/mol. The van der Waals surface area contributed by atoms with Crippen LogP contribution in [0.4, 0.5) is 0 Å². The Labute approximate surface area is 97.0 Å². The quantitative estimate of drug-likeness (QED) is 0.650. The Kier molecular flexibility index (Phi) is 2.78. The van der Waals surface area contributed by atoms with E-state index in [1.165, 1.54) is 36.5 Å². The number of carbonyl (C=O) groups excluding carboxylic acids is 4. The largest absolute Gasteiger partial charge is 0.290 e. The van der Waals surface area contributed by atoms with Crippen LogP contribution in [0, 0.1) is 0 Å². The van der Waals surface area contributed by atoms with Crippen LogP contribution in [0.25, 0.3) is 0 Å². The predicted octanol–water partition coefficient (Wildman–Crippen LogP) is 0.645.